The minimum absolute atomic E-state index is 0.250. The van der Waals surface area contributed by atoms with Gasteiger partial charge in [-0.05, 0) is 19.2 Å². The van der Waals surface area contributed by atoms with Gasteiger partial charge in [-0.25, -0.2) is 8.42 Å². The lowest BCUT2D eigenvalue weighted by Gasteiger charge is -2.10. The maximum atomic E-state index is 11.7. The minimum Gasteiger partial charge on any atom is -0.391 e. The van der Waals surface area contributed by atoms with E-state index in [4.69, 9.17) is 0 Å². The van der Waals surface area contributed by atoms with Gasteiger partial charge in [0.05, 0.1) is 16.8 Å². The topological polar surface area (TPSA) is 66.4 Å². The van der Waals surface area contributed by atoms with E-state index in [9.17, 15) is 13.5 Å². The molecule has 0 spiro atoms. The zero-order valence-corrected chi connectivity index (χ0v) is 9.37. The number of sulfone groups is 1. The van der Waals surface area contributed by atoms with E-state index in [1.165, 1.54) is 12.1 Å². The number of aliphatic hydroxyl groups excluding tert-OH is 1. The molecule has 1 aromatic carbocycles. The highest BCUT2D eigenvalue weighted by Gasteiger charge is 2.18. The van der Waals surface area contributed by atoms with E-state index in [0.717, 1.165) is 0 Å². The van der Waals surface area contributed by atoms with E-state index in [1.807, 2.05) is 0 Å². The Morgan fingerprint density at radius 2 is 1.93 bits per heavy atom. The van der Waals surface area contributed by atoms with Crippen molar-refractivity contribution in [2.45, 2.75) is 11.0 Å². The SMILES string of the molecule is CNC[C@@H](O)CS(=O)(=O)c1ccccc1. The Hall–Kier alpha value is -0.910. The van der Waals surface area contributed by atoms with Crippen molar-refractivity contribution >= 4 is 9.84 Å². The minimum atomic E-state index is -3.37. The van der Waals surface area contributed by atoms with Gasteiger partial charge in [-0.2, -0.15) is 0 Å². The molecular weight excluding hydrogens is 214 g/mol. The van der Waals surface area contributed by atoms with Gasteiger partial charge < -0.3 is 10.4 Å². The molecule has 0 saturated carbocycles. The van der Waals surface area contributed by atoms with Crippen molar-refractivity contribution < 1.29 is 13.5 Å². The number of nitrogens with one attached hydrogen (secondary N) is 1. The molecule has 0 radical (unpaired) electrons. The molecule has 0 fully saturated rings. The third-order valence-corrected chi connectivity index (χ3v) is 3.77. The lowest BCUT2D eigenvalue weighted by molar-refractivity contribution is 0.197. The first-order valence-corrected chi connectivity index (χ1v) is 6.32. The monoisotopic (exact) mass is 229 g/mol. The summed E-state index contributed by atoms with van der Waals surface area (Å²) in [6, 6.07) is 8.14. The van der Waals surface area contributed by atoms with E-state index < -0.39 is 15.9 Å². The van der Waals surface area contributed by atoms with Crippen LogP contribution >= 0.6 is 0 Å². The Kier molecular flexibility index (Phi) is 4.26. The Morgan fingerprint density at radius 3 is 2.47 bits per heavy atom. The van der Waals surface area contributed by atoms with E-state index in [0.29, 0.717) is 0 Å². The lowest BCUT2D eigenvalue weighted by Crippen LogP contribution is -2.30. The lowest BCUT2D eigenvalue weighted by atomic mass is 10.4. The third-order valence-electron chi connectivity index (χ3n) is 1.95. The van der Waals surface area contributed by atoms with Gasteiger partial charge in [-0.3, -0.25) is 0 Å². The predicted molar refractivity (Wildman–Crippen MR) is 58.4 cm³/mol. The van der Waals surface area contributed by atoms with Crippen molar-refractivity contribution in [3.05, 3.63) is 30.3 Å². The molecule has 0 aromatic heterocycles. The Balaban J connectivity index is 2.77. The summed E-state index contributed by atoms with van der Waals surface area (Å²) in [7, 11) is -1.71. The van der Waals surface area contributed by atoms with Gasteiger partial charge in [-0.1, -0.05) is 18.2 Å². The molecule has 84 valence electrons. The predicted octanol–water partition coefficient (Wildman–Crippen LogP) is 0.0406. The molecule has 4 nitrogen and oxygen atoms in total. The van der Waals surface area contributed by atoms with Crippen LogP contribution in [0.25, 0.3) is 0 Å². The maximum absolute atomic E-state index is 11.7. The molecule has 15 heavy (non-hydrogen) atoms. The van der Waals surface area contributed by atoms with Crippen LogP contribution in [0.2, 0.25) is 0 Å². The smallest absolute Gasteiger partial charge is 0.180 e. The summed E-state index contributed by atoms with van der Waals surface area (Å²) < 4.78 is 23.5. The average Bonchev–Trinajstić information content (AvgIpc) is 2.18. The van der Waals surface area contributed by atoms with Gasteiger partial charge in [-0.15, -0.1) is 0 Å². The molecule has 1 atom stereocenters. The number of benzene rings is 1. The maximum Gasteiger partial charge on any atom is 0.180 e. The standard InChI is InChI=1S/C10H15NO3S/c1-11-7-9(12)8-15(13,14)10-5-3-2-4-6-10/h2-6,9,11-12H,7-8H2,1H3/t9-/m1/s1. The first kappa shape index (κ1) is 12.2. The Bertz CT molecular complexity index is 388. The fraction of sp³-hybridized carbons (Fsp3) is 0.400. The highest BCUT2D eigenvalue weighted by atomic mass is 32.2. The second kappa shape index (κ2) is 5.25. The van der Waals surface area contributed by atoms with E-state index in [2.05, 4.69) is 5.32 Å². The Morgan fingerprint density at radius 1 is 1.33 bits per heavy atom. The normalized spacial score (nSPS) is 13.7. The molecule has 1 aromatic rings. The summed E-state index contributed by atoms with van der Waals surface area (Å²) in [6.07, 6.45) is -0.875. The van der Waals surface area contributed by atoms with Gasteiger partial charge in [0.25, 0.3) is 0 Å². The molecule has 2 N–H and O–H groups in total. The van der Waals surface area contributed by atoms with Crippen molar-refractivity contribution in [1.29, 1.82) is 0 Å². The average molecular weight is 229 g/mol. The van der Waals surface area contributed by atoms with Crippen LogP contribution in [-0.2, 0) is 9.84 Å². The zero-order chi connectivity index (χ0) is 11.3. The molecule has 0 aliphatic heterocycles. The van der Waals surface area contributed by atoms with Crippen LogP contribution in [0.3, 0.4) is 0 Å². The fourth-order valence-electron chi connectivity index (χ4n) is 1.27. The second-order valence-corrected chi connectivity index (χ2v) is 5.34. The van der Waals surface area contributed by atoms with Crippen molar-refractivity contribution in [1.82, 2.24) is 5.32 Å². The molecule has 0 saturated heterocycles. The molecule has 5 heteroatoms. The van der Waals surface area contributed by atoms with Gasteiger partial charge >= 0.3 is 0 Å². The van der Waals surface area contributed by atoms with Crippen LogP contribution in [0.4, 0.5) is 0 Å². The molecule has 0 unspecified atom stereocenters. The molecular formula is C10H15NO3S. The summed E-state index contributed by atoms with van der Waals surface area (Å²) in [5, 5.41) is 12.1. The first-order chi connectivity index (χ1) is 7.06. The van der Waals surface area contributed by atoms with E-state index in [1.54, 1.807) is 25.2 Å². The van der Waals surface area contributed by atoms with Crippen molar-refractivity contribution in [2.75, 3.05) is 19.3 Å². The van der Waals surface area contributed by atoms with E-state index in [-0.39, 0.29) is 17.2 Å². The number of rotatable bonds is 5. The number of likely N-dealkylation sites (N-methyl/N-ethyl adjacent to an activating group) is 1. The Labute approximate surface area is 89.9 Å². The van der Waals surface area contributed by atoms with Gasteiger partial charge in [0.15, 0.2) is 9.84 Å². The molecule has 0 heterocycles. The molecule has 1 rings (SSSR count). The van der Waals surface area contributed by atoms with Crippen LogP contribution in [0.5, 0.6) is 0 Å². The highest BCUT2D eigenvalue weighted by molar-refractivity contribution is 7.91. The van der Waals surface area contributed by atoms with Gasteiger partial charge in [0.2, 0.25) is 0 Å². The van der Waals surface area contributed by atoms with Gasteiger partial charge in [0.1, 0.15) is 0 Å². The number of aliphatic hydroxyl groups is 1. The summed E-state index contributed by atoms with van der Waals surface area (Å²) in [6.45, 7) is 0.270. The van der Waals surface area contributed by atoms with Crippen LogP contribution in [0.15, 0.2) is 35.2 Å². The molecule has 0 bridgehead atoms. The summed E-state index contributed by atoms with van der Waals surface area (Å²) in [5.41, 5.74) is 0. The summed E-state index contributed by atoms with van der Waals surface area (Å²) >= 11 is 0. The van der Waals surface area contributed by atoms with Crippen molar-refractivity contribution in [3.8, 4) is 0 Å². The number of hydrogen-bond donors (Lipinski definition) is 2. The first-order valence-electron chi connectivity index (χ1n) is 4.67. The molecule has 0 aliphatic carbocycles. The van der Waals surface area contributed by atoms with Crippen LogP contribution < -0.4 is 5.32 Å². The molecule has 0 aliphatic rings. The fourth-order valence-corrected chi connectivity index (χ4v) is 2.66. The summed E-state index contributed by atoms with van der Waals surface area (Å²) in [5.74, 6) is -0.252. The largest absolute Gasteiger partial charge is 0.391 e. The quantitative estimate of drug-likeness (QED) is 0.748. The highest BCUT2D eigenvalue weighted by Crippen LogP contribution is 2.10. The second-order valence-electron chi connectivity index (χ2n) is 3.31. The third kappa shape index (κ3) is 3.62. The van der Waals surface area contributed by atoms with Gasteiger partial charge in [0, 0.05) is 6.54 Å². The number of hydrogen-bond acceptors (Lipinski definition) is 4. The van der Waals surface area contributed by atoms with Crippen LogP contribution in [-0.4, -0.2) is 39.0 Å². The van der Waals surface area contributed by atoms with Crippen LogP contribution in [0, 0.1) is 0 Å². The summed E-state index contributed by atoms with van der Waals surface area (Å²) in [4.78, 5) is 0.250. The van der Waals surface area contributed by atoms with Crippen molar-refractivity contribution in [2.24, 2.45) is 0 Å². The van der Waals surface area contributed by atoms with Crippen LogP contribution in [0.1, 0.15) is 0 Å². The zero-order valence-electron chi connectivity index (χ0n) is 8.55. The molecule has 0 amide bonds. The van der Waals surface area contributed by atoms with E-state index >= 15 is 0 Å². The van der Waals surface area contributed by atoms with Crippen molar-refractivity contribution in [3.63, 3.8) is 0 Å².